The topological polar surface area (TPSA) is 105 Å². The lowest BCUT2D eigenvalue weighted by atomic mass is 10.0. The van der Waals surface area contributed by atoms with Gasteiger partial charge in [-0.3, -0.25) is 13.8 Å². The van der Waals surface area contributed by atoms with Crippen molar-refractivity contribution in [3.63, 3.8) is 0 Å². The van der Waals surface area contributed by atoms with Crippen LogP contribution < -0.4 is 5.32 Å². The molecule has 0 fully saturated rings. The number of phosphoric ester groups is 1. The Balaban J connectivity index is 4.16. The Morgan fingerprint density at radius 1 is 0.500 bits per heavy atom. The third-order valence-electron chi connectivity index (χ3n) is 12.0. The monoisotopic (exact) mass is 996 g/mol. The molecule has 0 heterocycles. The number of hydrogen-bond acceptors (Lipinski definition) is 5. The van der Waals surface area contributed by atoms with Crippen LogP contribution in [0.25, 0.3) is 0 Å². The number of nitrogens with one attached hydrogen (secondary N) is 1. The molecule has 0 aromatic rings. The van der Waals surface area contributed by atoms with E-state index in [1.807, 2.05) is 27.2 Å². The van der Waals surface area contributed by atoms with Crippen molar-refractivity contribution < 1.29 is 32.9 Å². The molecular weight excluding hydrogens is 888 g/mol. The van der Waals surface area contributed by atoms with Gasteiger partial charge in [0.1, 0.15) is 13.2 Å². The molecule has 0 aliphatic rings. The fourth-order valence-electron chi connectivity index (χ4n) is 7.55. The van der Waals surface area contributed by atoms with E-state index in [2.05, 4.69) is 116 Å². The van der Waals surface area contributed by atoms with E-state index in [-0.39, 0.29) is 19.1 Å². The van der Waals surface area contributed by atoms with Crippen LogP contribution in [-0.4, -0.2) is 73.4 Å². The molecule has 0 radical (unpaired) electrons. The number of carbonyl (C=O) groups is 1. The third-order valence-corrected chi connectivity index (χ3v) is 12.9. The summed E-state index contributed by atoms with van der Waals surface area (Å²) in [5.74, 6) is -0.196. The van der Waals surface area contributed by atoms with E-state index in [1.54, 1.807) is 6.08 Å². The zero-order valence-electron chi connectivity index (χ0n) is 45.7. The summed E-state index contributed by atoms with van der Waals surface area (Å²) in [6.45, 7) is 4.65. The standard InChI is InChI=1S/C61H107N2O6P/c1-6-8-10-12-14-16-18-20-22-23-24-25-26-27-28-29-30-31-32-33-34-35-36-37-38-39-41-43-45-47-49-51-53-55-61(65)62-59(58-69-70(66,67)68-57-56-63(3,4)5)60(64)54-52-50-48-46-44-42-40-21-19-17-15-13-11-9-7-2/h8,10,14,16,19-22,24-25,27-28,30-31,44,46,52,54,59-60,64H,6-7,9,11-13,15,17-18,23,26,29,32-43,45,47-51,53,55-58H2,1-5H3,(H-,62,65,66,67)/p+1/b10-8-,16-14-,21-19+,22-20-,25-24-,28-27-,31-30-,46-44+,54-52+. The molecule has 3 N–H and O–H groups in total. The summed E-state index contributed by atoms with van der Waals surface area (Å²) >= 11 is 0. The Kier molecular flexibility index (Phi) is 49.0. The van der Waals surface area contributed by atoms with Gasteiger partial charge >= 0.3 is 7.82 Å². The fourth-order valence-corrected chi connectivity index (χ4v) is 8.28. The van der Waals surface area contributed by atoms with E-state index in [0.29, 0.717) is 17.4 Å². The predicted octanol–water partition coefficient (Wildman–Crippen LogP) is 17.2. The predicted molar refractivity (Wildman–Crippen MR) is 304 cm³/mol. The number of hydrogen-bond donors (Lipinski definition) is 3. The lowest BCUT2D eigenvalue weighted by Crippen LogP contribution is -2.45. The lowest BCUT2D eigenvalue weighted by molar-refractivity contribution is -0.870. The van der Waals surface area contributed by atoms with Crippen molar-refractivity contribution in [2.24, 2.45) is 0 Å². The summed E-state index contributed by atoms with van der Waals surface area (Å²) in [5.41, 5.74) is 0. The van der Waals surface area contributed by atoms with Crippen LogP contribution >= 0.6 is 7.82 Å². The summed E-state index contributed by atoms with van der Waals surface area (Å²) in [4.78, 5) is 23.3. The highest BCUT2D eigenvalue weighted by atomic mass is 31.2. The number of aliphatic hydroxyl groups excluding tert-OH is 1. The van der Waals surface area contributed by atoms with Crippen LogP contribution in [0.15, 0.2) is 109 Å². The number of quaternary nitrogens is 1. The molecule has 0 saturated heterocycles. The molecular formula is C61H108N2O6P+. The van der Waals surface area contributed by atoms with E-state index >= 15 is 0 Å². The Labute approximate surface area is 431 Å². The number of phosphoric acid groups is 1. The normalized spacial score (nSPS) is 14.8. The first-order valence-corrected chi connectivity index (χ1v) is 29.8. The molecule has 1 amide bonds. The number of rotatable bonds is 50. The summed E-state index contributed by atoms with van der Waals surface area (Å²) in [7, 11) is 1.53. The second kappa shape index (κ2) is 51.1. The van der Waals surface area contributed by atoms with E-state index in [0.717, 1.165) is 83.5 Å². The minimum Gasteiger partial charge on any atom is -0.387 e. The van der Waals surface area contributed by atoms with Gasteiger partial charge < -0.3 is 19.8 Å². The van der Waals surface area contributed by atoms with Gasteiger partial charge in [-0.15, -0.1) is 0 Å². The van der Waals surface area contributed by atoms with E-state index < -0.39 is 20.0 Å². The molecule has 0 aliphatic heterocycles. The second-order valence-corrected chi connectivity index (χ2v) is 21.4. The molecule has 402 valence electrons. The zero-order chi connectivity index (χ0) is 51.3. The molecule has 3 atom stereocenters. The Hall–Kier alpha value is -2.84. The quantitative estimate of drug-likeness (QED) is 0.0243. The molecule has 0 saturated carbocycles. The largest absolute Gasteiger partial charge is 0.472 e. The second-order valence-electron chi connectivity index (χ2n) is 19.9. The van der Waals surface area contributed by atoms with Crippen LogP contribution in [0.5, 0.6) is 0 Å². The van der Waals surface area contributed by atoms with Gasteiger partial charge in [0, 0.05) is 6.42 Å². The van der Waals surface area contributed by atoms with Gasteiger partial charge in [-0.25, -0.2) is 4.57 Å². The van der Waals surface area contributed by atoms with Crippen LogP contribution in [0.4, 0.5) is 0 Å². The molecule has 0 rings (SSSR count). The maximum absolute atomic E-state index is 13.0. The van der Waals surface area contributed by atoms with E-state index in [1.165, 1.54) is 116 Å². The number of unbranched alkanes of at least 4 members (excludes halogenated alkanes) is 21. The SMILES string of the molecule is CC/C=C\C/C=C\C/C=C\C/C=C\C/C=C\C/C=C\CCCCCCCCCCCCCCCCC(=O)NC(COP(=O)(O)OCC[N+](C)(C)C)C(O)/C=C/CC/C=C/CC/C=C/CCCCCCC. The van der Waals surface area contributed by atoms with Crippen molar-refractivity contribution >= 4 is 13.7 Å². The maximum Gasteiger partial charge on any atom is 0.472 e. The molecule has 0 aliphatic carbocycles. The Morgan fingerprint density at radius 3 is 1.31 bits per heavy atom. The number of amides is 1. The van der Waals surface area contributed by atoms with Gasteiger partial charge in [0.25, 0.3) is 0 Å². The van der Waals surface area contributed by atoms with Crippen LogP contribution in [-0.2, 0) is 18.4 Å². The summed E-state index contributed by atoms with van der Waals surface area (Å²) in [6, 6.07) is -0.876. The van der Waals surface area contributed by atoms with Gasteiger partial charge in [-0.2, -0.15) is 0 Å². The van der Waals surface area contributed by atoms with Crippen molar-refractivity contribution in [3.05, 3.63) is 109 Å². The lowest BCUT2D eigenvalue weighted by Gasteiger charge is -2.25. The van der Waals surface area contributed by atoms with Crippen molar-refractivity contribution in [1.29, 1.82) is 0 Å². The first-order valence-electron chi connectivity index (χ1n) is 28.3. The van der Waals surface area contributed by atoms with E-state index in [4.69, 9.17) is 9.05 Å². The Bertz CT molecular complexity index is 1500. The van der Waals surface area contributed by atoms with Crippen LogP contribution in [0.2, 0.25) is 0 Å². The van der Waals surface area contributed by atoms with E-state index in [9.17, 15) is 19.4 Å². The molecule has 70 heavy (non-hydrogen) atoms. The fraction of sp³-hybridized carbons (Fsp3) is 0.689. The minimum atomic E-state index is -4.36. The highest BCUT2D eigenvalue weighted by Gasteiger charge is 2.27. The molecule has 8 nitrogen and oxygen atoms in total. The van der Waals surface area contributed by atoms with Crippen molar-refractivity contribution in [3.8, 4) is 0 Å². The Morgan fingerprint density at radius 2 is 0.871 bits per heavy atom. The van der Waals surface area contributed by atoms with Gasteiger partial charge in [0.15, 0.2) is 0 Å². The van der Waals surface area contributed by atoms with Gasteiger partial charge in [-0.05, 0) is 96.3 Å². The van der Waals surface area contributed by atoms with Crippen LogP contribution in [0, 0.1) is 0 Å². The molecule has 0 aromatic heterocycles. The number of carbonyl (C=O) groups excluding carboxylic acids is 1. The van der Waals surface area contributed by atoms with Crippen molar-refractivity contribution in [2.45, 2.75) is 231 Å². The minimum absolute atomic E-state index is 0.0490. The van der Waals surface area contributed by atoms with Crippen LogP contribution in [0.1, 0.15) is 219 Å². The average molecular weight is 997 g/mol. The molecule has 0 bridgehead atoms. The zero-order valence-corrected chi connectivity index (χ0v) is 46.6. The van der Waals surface area contributed by atoms with Gasteiger partial charge in [0.2, 0.25) is 5.91 Å². The first kappa shape index (κ1) is 67.2. The first-order chi connectivity index (χ1) is 34.0. The average Bonchev–Trinajstić information content (AvgIpc) is 3.32. The number of likely N-dealkylation sites (N-methyl/N-ethyl adjacent to an activating group) is 1. The summed E-state index contributed by atoms with van der Waals surface area (Å²) in [5, 5.41) is 13.9. The number of aliphatic hydroxyl groups is 1. The molecule has 0 aromatic carbocycles. The maximum atomic E-state index is 13.0. The number of allylic oxidation sites excluding steroid dienone is 17. The van der Waals surface area contributed by atoms with Gasteiger partial charge in [0.05, 0.1) is 39.9 Å². The third kappa shape index (κ3) is 53.0. The summed E-state index contributed by atoms with van der Waals surface area (Å²) < 4.78 is 23.6. The van der Waals surface area contributed by atoms with Gasteiger partial charge in [-0.1, -0.05) is 226 Å². The number of nitrogens with zero attached hydrogens (tertiary/aromatic N) is 1. The summed E-state index contributed by atoms with van der Waals surface area (Å²) in [6.07, 6.45) is 74.8. The molecule has 0 spiro atoms. The van der Waals surface area contributed by atoms with Crippen molar-refractivity contribution in [2.75, 3.05) is 40.9 Å². The highest BCUT2D eigenvalue weighted by molar-refractivity contribution is 7.47. The van der Waals surface area contributed by atoms with Crippen molar-refractivity contribution in [1.82, 2.24) is 5.32 Å². The molecule has 9 heteroatoms. The van der Waals surface area contributed by atoms with Crippen LogP contribution in [0.3, 0.4) is 0 Å². The molecule has 3 unspecified atom stereocenters. The highest BCUT2D eigenvalue weighted by Crippen LogP contribution is 2.43. The smallest absolute Gasteiger partial charge is 0.387 e.